The molecule has 0 radical (unpaired) electrons. The maximum Gasteiger partial charge on any atom is 0.0622 e. The van der Waals surface area contributed by atoms with Crippen molar-refractivity contribution in [2.75, 3.05) is 0 Å². The summed E-state index contributed by atoms with van der Waals surface area (Å²) < 4.78 is 7.39. The number of rotatable bonds is 3. The van der Waals surface area contributed by atoms with Crippen molar-refractivity contribution in [1.82, 2.24) is 13.5 Å². The number of fused-ring (bicyclic) bond motifs is 15. The average Bonchev–Trinajstić information content (AvgIpc) is 4.06. The predicted octanol–water partition coefficient (Wildman–Crippen LogP) is 15.0. The maximum absolute atomic E-state index is 2.48. The van der Waals surface area contributed by atoms with Crippen molar-refractivity contribution in [2.24, 2.45) is 0 Å². The van der Waals surface area contributed by atoms with E-state index in [9.17, 15) is 0 Å². The highest BCUT2D eigenvalue weighted by atomic mass is 15.0. The van der Waals surface area contributed by atoms with Gasteiger partial charge in [-0.2, -0.15) is 0 Å². The van der Waals surface area contributed by atoms with E-state index in [0.717, 1.165) is 0 Å². The van der Waals surface area contributed by atoms with Gasteiger partial charge in [-0.15, -0.1) is 0 Å². The molecule has 0 unspecified atom stereocenters. The molecule has 0 bridgehead atoms. The first-order valence-electron chi connectivity index (χ1n) is 21.0. The van der Waals surface area contributed by atoms with E-state index >= 15 is 0 Å². The summed E-state index contributed by atoms with van der Waals surface area (Å²) in [6.07, 6.45) is 0. The van der Waals surface area contributed by atoms with Crippen molar-refractivity contribution in [3.8, 4) is 33.6 Å². The lowest BCUT2D eigenvalue weighted by Gasteiger charge is -2.22. The van der Waals surface area contributed by atoms with Crippen LogP contribution >= 0.6 is 0 Å². The largest absolute Gasteiger partial charge is 0.309 e. The van der Waals surface area contributed by atoms with Gasteiger partial charge in [-0.1, -0.05) is 129 Å². The number of hydrogen-bond acceptors (Lipinski definition) is 0. The number of benzene rings is 9. The van der Waals surface area contributed by atoms with Gasteiger partial charge in [0.1, 0.15) is 0 Å². The molecule has 0 atom stereocenters. The van der Waals surface area contributed by atoms with E-state index in [1.54, 1.807) is 0 Å². The third kappa shape index (κ3) is 4.04. The topological polar surface area (TPSA) is 14.3 Å². The quantitative estimate of drug-likeness (QED) is 0.170. The Kier molecular flexibility index (Phi) is 6.10. The molecule has 9 aromatic carbocycles. The van der Waals surface area contributed by atoms with E-state index in [-0.39, 0.29) is 5.41 Å². The predicted molar refractivity (Wildman–Crippen MR) is 253 cm³/mol. The molecule has 4 heterocycles. The summed E-state index contributed by atoms with van der Waals surface area (Å²) in [5, 5.41) is 10.2. The van der Waals surface area contributed by atoms with E-state index < -0.39 is 0 Å². The Morgan fingerprint density at radius 1 is 0.317 bits per heavy atom. The molecule has 0 aliphatic heterocycles. The molecule has 60 heavy (non-hydrogen) atoms. The third-order valence-corrected chi connectivity index (χ3v) is 14.0. The maximum atomic E-state index is 2.48. The summed E-state index contributed by atoms with van der Waals surface area (Å²) in [5.41, 5.74) is 18.9. The van der Waals surface area contributed by atoms with Gasteiger partial charge in [-0.25, -0.2) is 0 Å². The van der Waals surface area contributed by atoms with Crippen LogP contribution in [0.3, 0.4) is 0 Å². The Labute approximate surface area is 345 Å². The van der Waals surface area contributed by atoms with E-state index in [4.69, 9.17) is 0 Å². The van der Waals surface area contributed by atoms with E-state index in [0.29, 0.717) is 0 Å². The zero-order valence-corrected chi connectivity index (χ0v) is 33.2. The zero-order chi connectivity index (χ0) is 39.4. The van der Waals surface area contributed by atoms with Crippen LogP contribution in [0, 0.1) is 0 Å². The minimum Gasteiger partial charge on any atom is -0.309 e. The molecule has 13 aromatic rings. The van der Waals surface area contributed by atoms with Crippen LogP contribution in [-0.2, 0) is 5.41 Å². The van der Waals surface area contributed by atoms with Gasteiger partial charge in [0, 0.05) is 59.9 Å². The first kappa shape index (κ1) is 32.3. The molecule has 0 amide bonds. The molecule has 4 aromatic heterocycles. The van der Waals surface area contributed by atoms with Crippen molar-refractivity contribution in [1.29, 1.82) is 0 Å². The van der Waals surface area contributed by atoms with Crippen LogP contribution in [0.4, 0.5) is 0 Å². The van der Waals surface area contributed by atoms with Crippen LogP contribution in [-0.4, -0.2) is 13.5 Å². The zero-order valence-electron chi connectivity index (χ0n) is 33.2. The third-order valence-electron chi connectivity index (χ3n) is 14.0. The van der Waals surface area contributed by atoms with Crippen LogP contribution in [0.25, 0.3) is 115 Å². The fourth-order valence-electron chi connectivity index (χ4n) is 11.3. The minimum absolute atomic E-state index is 0.0642. The highest BCUT2D eigenvalue weighted by molar-refractivity contribution is 6.24. The van der Waals surface area contributed by atoms with Crippen molar-refractivity contribution >= 4 is 81.7 Å². The highest BCUT2D eigenvalue weighted by Gasteiger charge is 2.35. The van der Waals surface area contributed by atoms with Crippen molar-refractivity contribution in [3.05, 3.63) is 199 Å². The van der Waals surface area contributed by atoms with Crippen molar-refractivity contribution < 1.29 is 0 Å². The second-order valence-corrected chi connectivity index (χ2v) is 17.3. The molecular formula is C57H37N3. The fourth-order valence-corrected chi connectivity index (χ4v) is 11.3. The van der Waals surface area contributed by atoms with Crippen LogP contribution in [0.1, 0.15) is 25.0 Å². The second-order valence-electron chi connectivity index (χ2n) is 17.3. The Bertz CT molecular complexity index is 3900. The molecular weight excluding hydrogens is 727 g/mol. The van der Waals surface area contributed by atoms with E-state index in [1.165, 1.54) is 126 Å². The smallest absolute Gasteiger partial charge is 0.0622 e. The van der Waals surface area contributed by atoms with Crippen molar-refractivity contribution in [3.63, 3.8) is 0 Å². The van der Waals surface area contributed by atoms with Crippen LogP contribution in [0.15, 0.2) is 188 Å². The summed E-state index contributed by atoms with van der Waals surface area (Å²) in [7, 11) is 0. The van der Waals surface area contributed by atoms with Gasteiger partial charge in [-0.3, -0.25) is 0 Å². The standard InChI is InChI=1S/C57H37N3/c1-57(2)48-18-8-3-13-38(48)39-26-25-36(33-49(39)57)58-50-19-9-4-14-40(50)44-29-34(23-27-54(44)58)35-24-28-55-45(30-35)41-15-5-10-20-51(41)59(55)37-31-46-42-16-6-11-21-52(42)60-53-22-12-7-17-43(53)47(32-37)56(46)60/h3-33H,1-2H3. The van der Waals surface area contributed by atoms with Gasteiger partial charge >= 0.3 is 0 Å². The summed E-state index contributed by atoms with van der Waals surface area (Å²) >= 11 is 0. The molecule has 1 aliphatic rings. The van der Waals surface area contributed by atoms with Gasteiger partial charge in [0.15, 0.2) is 0 Å². The lowest BCUT2D eigenvalue weighted by Crippen LogP contribution is -2.15. The Morgan fingerprint density at radius 3 is 1.35 bits per heavy atom. The Morgan fingerprint density at radius 2 is 0.767 bits per heavy atom. The summed E-state index contributed by atoms with van der Waals surface area (Å²) in [4.78, 5) is 0. The minimum atomic E-state index is -0.0642. The Balaban J connectivity index is 0.950. The van der Waals surface area contributed by atoms with E-state index in [1.807, 2.05) is 0 Å². The number of nitrogens with zero attached hydrogens (tertiary/aromatic N) is 3. The molecule has 3 nitrogen and oxygen atoms in total. The highest BCUT2D eigenvalue weighted by Crippen LogP contribution is 2.50. The molecule has 3 heteroatoms. The molecule has 0 saturated heterocycles. The Hall–Kier alpha value is -7.62. The van der Waals surface area contributed by atoms with Gasteiger partial charge in [-0.05, 0) is 106 Å². The van der Waals surface area contributed by atoms with Gasteiger partial charge in [0.25, 0.3) is 0 Å². The molecule has 14 rings (SSSR count). The molecule has 280 valence electrons. The molecule has 1 aliphatic carbocycles. The number of hydrogen-bond donors (Lipinski definition) is 0. The summed E-state index contributed by atoms with van der Waals surface area (Å²) in [6, 6.07) is 70.4. The molecule has 0 saturated carbocycles. The molecule has 0 N–H and O–H groups in total. The van der Waals surface area contributed by atoms with Gasteiger partial charge in [0.2, 0.25) is 0 Å². The number of para-hydroxylation sites is 4. The lowest BCUT2D eigenvalue weighted by molar-refractivity contribution is 0.660. The van der Waals surface area contributed by atoms with Crippen LogP contribution in [0.5, 0.6) is 0 Å². The molecule has 0 fully saturated rings. The SMILES string of the molecule is CC1(C)c2ccccc2-c2ccc(-n3c4ccccc4c4cc(-c5ccc6c(c5)c5ccccc5n6-c5cc6c7ccccc7n7c8ccccc8c(c5)c67)ccc43)cc21. The molecule has 0 spiro atoms. The van der Waals surface area contributed by atoms with E-state index in [2.05, 4.69) is 215 Å². The average molecular weight is 764 g/mol. The van der Waals surface area contributed by atoms with Gasteiger partial charge in [0.05, 0.1) is 38.6 Å². The normalized spacial score (nSPS) is 13.6. The number of aromatic nitrogens is 3. The summed E-state index contributed by atoms with van der Waals surface area (Å²) in [6.45, 7) is 4.72. The van der Waals surface area contributed by atoms with Gasteiger partial charge < -0.3 is 13.5 Å². The summed E-state index contributed by atoms with van der Waals surface area (Å²) in [5.74, 6) is 0. The fraction of sp³-hybridized carbons (Fsp3) is 0.0526. The lowest BCUT2D eigenvalue weighted by atomic mass is 9.82. The monoisotopic (exact) mass is 763 g/mol. The first-order valence-corrected chi connectivity index (χ1v) is 21.0. The van der Waals surface area contributed by atoms with Crippen LogP contribution < -0.4 is 0 Å². The first-order chi connectivity index (χ1) is 29.5. The van der Waals surface area contributed by atoms with Crippen LogP contribution in [0.2, 0.25) is 0 Å². The second kappa shape index (κ2) is 11.3. The van der Waals surface area contributed by atoms with Crippen molar-refractivity contribution in [2.45, 2.75) is 19.3 Å².